The van der Waals surface area contributed by atoms with E-state index in [2.05, 4.69) is 79.2 Å². The van der Waals surface area contributed by atoms with Crippen molar-refractivity contribution in [3.8, 4) is 0 Å². The molecule has 15 heteroatoms. The van der Waals surface area contributed by atoms with Gasteiger partial charge in [-0.25, -0.2) is 22.0 Å². The summed E-state index contributed by atoms with van der Waals surface area (Å²) in [5.74, 6) is -1.34. The first-order valence-corrected chi connectivity index (χ1v) is 24.6. The van der Waals surface area contributed by atoms with Gasteiger partial charge in [0.1, 0.15) is 47.6 Å². The van der Waals surface area contributed by atoms with Crippen molar-refractivity contribution in [3.63, 3.8) is 0 Å². The summed E-state index contributed by atoms with van der Waals surface area (Å²) in [6, 6.07) is 51.3. The zero-order valence-corrected chi connectivity index (χ0v) is 43.5. The molecule has 0 aliphatic carbocycles. The van der Waals surface area contributed by atoms with Crippen LogP contribution in [0.2, 0.25) is 0 Å². The van der Waals surface area contributed by atoms with Gasteiger partial charge in [0, 0.05) is 124 Å². The van der Waals surface area contributed by atoms with Crippen LogP contribution in [0.3, 0.4) is 0 Å². The normalized spacial score (nSPS) is 18.0. The first-order valence-electron chi connectivity index (χ1n) is 24.6. The van der Waals surface area contributed by atoms with Crippen LogP contribution in [-0.4, -0.2) is 37.5 Å². The van der Waals surface area contributed by atoms with Gasteiger partial charge in [0.25, 0.3) is 0 Å². The van der Waals surface area contributed by atoms with Gasteiger partial charge < -0.3 is 39.2 Å². The molecule has 385 valence electrons. The maximum atomic E-state index is 13.3. The second-order valence-corrected chi connectivity index (χ2v) is 19.0. The van der Waals surface area contributed by atoms with Crippen molar-refractivity contribution < 1.29 is 46.4 Å². The van der Waals surface area contributed by atoms with Crippen molar-refractivity contribution in [3.05, 3.63) is 259 Å². The van der Waals surface area contributed by atoms with Gasteiger partial charge in [-0.05, 0) is 144 Å². The molecule has 3 unspecified atom stereocenters. The number of hydrogen-bond donors (Lipinski definition) is 0. The van der Waals surface area contributed by atoms with Crippen LogP contribution in [0.15, 0.2) is 195 Å². The molecule has 8 aromatic carbocycles. The number of para-hydroxylation sites is 4. The third-order valence-corrected chi connectivity index (χ3v) is 14.6. The second kappa shape index (κ2) is 20.5. The molecule has 0 spiro atoms. The van der Waals surface area contributed by atoms with E-state index in [0.717, 1.165) is 81.5 Å². The molecule has 0 saturated carbocycles. The number of benzene rings is 8. The van der Waals surface area contributed by atoms with E-state index in [-0.39, 0.29) is 61.2 Å². The third-order valence-electron chi connectivity index (χ3n) is 14.6. The topological polar surface area (TPSA) is 25.9 Å². The summed E-state index contributed by atoms with van der Waals surface area (Å²) >= 11 is 0. The molecule has 1 radical (unpaired) electrons. The fourth-order valence-corrected chi connectivity index (χ4v) is 11.0. The second-order valence-electron chi connectivity index (χ2n) is 19.0. The van der Waals surface area contributed by atoms with Gasteiger partial charge in [-0.3, -0.25) is 4.39 Å². The Balaban J connectivity index is 0.000000109. The SMILES string of the molecule is CN1C=CN2c3ccc(F)cc3CC12.CN1c2ccccc2N2c3ccc(F)cc3CC12.Fc1c[c-]c(N2[CH-]N(c3ccc(F)cc3)c3ccccc32)cc1.Fc1ccc(N2C=CN3c4ccc(F)cc4CC23)cc1.[Ir]. The van der Waals surface area contributed by atoms with Crippen LogP contribution in [0.25, 0.3) is 0 Å². The predicted molar refractivity (Wildman–Crippen MR) is 285 cm³/mol. The molecular weight excluding hydrogens is 1150 g/mol. The first kappa shape index (κ1) is 50.0. The minimum atomic E-state index is -0.323. The van der Waals surface area contributed by atoms with Crippen LogP contribution in [0.4, 0.5) is 83.2 Å². The van der Waals surface area contributed by atoms with Crippen molar-refractivity contribution in [1.82, 2.24) is 4.90 Å². The Morgan fingerprint density at radius 2 is 0.868 bits per heavy atom. The van der Waals surface area contributed by atoms with Crippen molar-refractivity contribution in [2.45, 2.75) is 37.8 Å². The van der Waals surface area contributed by atoms with Crippen LogP contribution in [0, 0.1) is 47.6 Å². The van der Waals surface area contributed by atoms with Crippen LogP contribution < -0.4 is 34.3 Å². The van der Waals surface area contributed by atoms with E-state index in [9.17, 15) is 26.3 Å². The third kappa shape index (κ3) is 9.28. The van der Waals surface area contributed by atoms with Crippen molar-refractivity contribution in [1.29, 1.82) is 0 Å². The molecule has 7 aliphatic heterocycles. The molecule has 0 saturated heterocycles. The first-order chi connectivity index (χ1) is 36.4. The van der Waals surface area contributed by atoms with Gasteiger partial charge in [-0.1, -0.05) is 24.3 Å². The van der Waals surface area contributed by atoms with Gasteiger partial charge in [0.2, 0.25) is 0 Å². The molecule has 0 bridgehead atoms. The monoisotopic (exact) mass is 1200 g/mol. The van der Waals surface area contributed by atoms with Gasteiger partial charge in [-0.15, -0.1) is 30.6 Å². The molecule has 8 aromatic rings. The molecule has 76 heavy (non-hydrogen) atoms. The summed E-state index contributed by atoms with van der Waals surface area (Å²) in [5, 5.41) is 0. The van der Waals surface area contributed by atoms with E-state index < -0.39 is 0 Å². The maximum Gasteiger partial charge on any atom is 0.123 e. The average molecular weight is 1200 g/mol. The molecule has 0 amide bonds. The van der Waals surface area contributed by atoms with Gasteiger partial charge >= 0.3 is 0 Å². The van der Waals surface area contributed by atoms with Crippen molar-refractivity contribution >= 4 is 56.9 Å². The van der Waals surface area contributed by atoms with Gasteiger partial charge in [0.05, 0.1) is 11.4 Å². The number of likely N-dealkylation sites (N-methyl/N-ethyl adjacent to an activating group) is 2. The van der Waals surface area contributed by atoms with Crippen molar-refractivity contribution in [2.24, 2.45) is 0 Å². The maximum absolute atomic E-state index is 13.3. The predicted octanol–water partition coefficient (Wildman–Crippen LogP) is 14.0. The Hall–Kier alpha value is -8.13. The quantitative estimate of drug-likeness (QED) is 0.128. The van der Waals surface area contributed by atoms with Crippen LogP contribution in [-0.2, 0) is 39.4 Å². The van der Waals surface area contributed by atoms with E-state index >= 15 is 0 Å². The number of rotatable bonds is 3. The van der Waals surface area contributed by atoms with Crippen molar-refractivity contribution in [2.75, 3.05) is 48.4 Å². The Morgan fingerprint density at radius 3 is 1.47 bits per heavy atom. The minimum absolute atomic E-state index is 0. The summed E-state index contributed by atoms with van der Waals surface area (Å²) in [6.07, 6.45) is 11.3. The molecule has 7 aliphatic rings. The average Bonchev–Trinajstić information content (AvgIpc) is 4.36. The molecule has 3 atom stereocenters. The van der Waals surface area contributed by atoms with E-state index in [0.29, 0.717) is 12.3 Å². The van der Waals surface area contributed by atoms with Crippen LogP contribution in [0.5, 0.6) is 0 Å². The number of halogens is 6. The fraction of sp³-hybridized carbons (Fsp3) is 0.131. The molecule has 8 nitrogen and oxygen atoms in total. The zero-order valence-electron chi connectivity index (χ0n) is 41.1. The smallest absolute Gasteiger partial charge is 0.123 e. The number of nitrogens with zero attached hydrogens (tertiary/aromatic N) is 8. The summed E-state index contributed by atoms with van der Waals surface area (Å²) in [7, 11) is 4.15. The fourth-order valence-electron chi connectivity index (χ4n) is 11.0. The summed E-state index contributed by atoms with van der Waals surface area (Å²) < 4.78 is 78.9. The van der Waals surface area contributed by atoms with Crippen LogP contribution in [0.1, 0.15) is 16.7 Å². The number of fused-ring (bicyclic) bond motifs is 12. The largest absolute Gasteiger partial charge is 0.493 e. The van der Waals surface area contributed by atoms with Crippen LogP contribution >= 0.6 is 0 Å². The summed E-state index contributed by atoms with van der Waals surface area (Å²) in [4.78, 5) is 17.0. The Labute approximate surface area is 451 Å². The summed E-state index contributed by atoms with van der Waals surface area (Å²) in [6.45, 7) is 1.89. The Kier molecular flexibility index (Phi) is 13.5. The standard InChI is InChI=1S/C19H12F2N2.C16H12F2N2.C15H13FN2.C11H11FN2.Ir/c20-14-5-9-16(10-6-14)22-13-23(17-11-7-15(21)8-12-17)19-4-2-1-3-18(19)22;17-12-1-4-14(5-2-12)19-7-8-20-15-6-3-13(18)9-11(15)10-16(19)20;1-17-13-4-2-3-5-14(13)18-12-7-6-11(16)8-10(12)9-15(17)18;1-13-4-5-14-10-3-2-9(12)6-8(10)7-11(13)14;/h1-11,13H;1-9,16H,10H2;2-8,15H,9H2,1H3;2-6,11H,7H2,1H3;/q-2;;;;. The van der Waals surface area contributed by atoms with Gasteiger partial charge in [-0.2, -0.15) is 6.07 Å². The summed E-state index contributed by atoms with van der Waals surface area (Å²) in [5.41, 5.74) is 13.4. The molecular formula is C61H48F6IrN8-2. The Morgan fingerprint density at radius 1 is 0.408 bits per heavy atom. The number of anilines is 10. The van der Waals surface area contributed by atoms with E-state index in [1.165, 1.54) is 59.9 Å². The molecule has 7 heterocycles. The molecule has 0 aromatic heterocycles. The van der Waals surface area contributed by atoms with Gasteiger partial charge in [0.15, 0.2) is 0 Å². The molecule has 15 rings (SSSR count). The molecule has 0 fully saturated rings. The Bertz CT molecular complexity index is 3420. The number of hydrogen-bond acceptors (Lipinski definition) is 8. The van der Waals surface area contributed by atoms with E-state index in [4.69, 9.17) is 0 Å². The van der Waals surface area contributed by atoms with E-state index in [1.807, 2.05) is 78.4 Å². The molecule has 0 N–H and O–H groups in total. The van der Waals surface area contributed by atoms with E-state index in [1.54, 1.807) is 54.6 Å². The zero-order chi connectivity index (χ0) is 51.5. The minimum Gasteiger partial charge on any atom is -0.493 e.